The molecule has 1 N–H and O–H groups in total. The Morgan fingerprint density at radius 3 is 2.75 bits per heavy atom. The van der Waals surface area contributed by atoms with Crippen molar-refractivity contribution in [1.82, 2.24) is 0 Å². The van der Waals surface area contributed by atoms with Crippen molar-refractivity contribution in [3.8, 4) is 0 Å². The molecule has 28 heavy (non-hydrogen) atoms. The summed E-state index contributed by atoms with van der Waals surface area (Å²) in [6.45, 7) is 2.34. The number of benzene rings is 2. The highest BCUT2D eigenvalue weighted by molar-refractivity contribution is 7.90. The van der Waals surface area contributed by atoms with E-state index in [1.165, 1.54) is 12.1 Å². The standard InChI is InChI=1S/C20H20FN3O3S/c1-13-6-8-15(12-16(13)21)22-20(25)14-7-9-17-18(11-14)28(26,27)23-19-5-3-2-4-10-24(17)19/h6-9,11-12H,2-5,10H2,1H3,(H,22,25). The van der Waals surface area contributed by atoms with Gasteiger partial charge in [0.15, 0.2) is 0 Å². The number of nitrogens with zero attached hydrogens (tertiary/aromatic N) is 2. The Morgan fingerprint density at radius 2 is 1.96 bits per heavy atom. The summed E-state index contributed by atoms with van der Waals surface area (Å²) in [5.41, 5.74) is 1.52. The highest BCUT2D eigenvalue weighted by atomic mass is 32.2. The number of carbonyl (C=O) groups excluding carboxylic acids is 1. The lowest BCUT2D eigenvalue weighted by Gasteiger charge is -2.29. The van der Waals surface area contributed by atoms with Gasteiger partial charge >= 0.3 is 0 Å². The van der Waals surface area contributed by atoms with Crippen molar-refractivity contribution in [2.45, 2.75) is 37.5 Å². The second kappa shape index (κ2) is 7.01. The van der Waals surface area contributed by atoms with Gasteiger partial charge in [-0.25, -0.2) is 4.39 Å². The van der Waals surface area contributed by atoms with Gasteiger partial charge in [-0.15, -0.1) is 4.40 Å². The number of fused-ring (bicyclic) bond motifs is 3. The number of anilines is 2. The van der Waals surface area contributed by atoms with Gasteiger partial charge in [0.2, 0.25) is 0 Å². The fraction of sp³-hybridized carbons (Fsp3) is 0.300. The maximum atomic E-state index is 13.7. The van der Waals surface area contributed by atoms with Crippen LogP contribution in [0.5, 0.6) is 0 Å². The summed E-state index contributed by atoms with van der Waals surface area (Å²) < 4.78 is 43.0. The summed E-state index contributed by atoms with van der Waals surface area (Å²) >= 11 is 0. The zero-order valence-corrected chi connectivity index (χ0v) is 16.2. The molecule has 4 rings (SSSR count). The molecular formula is C20H20FN3O3S. The van der Waals surface area contributed by atoms with Gasteiger partial charge < -0.3 is 10.2 Å². The molecule has 8 heteroatoms. The summed E-state index contributed by atoms with van der Waals surface area (Å²) in [6, 6.07) is 8.97. The summed E-state index contributed by atoms with van der Waals surface area (Å²) in [7, 11) is -3.86. The molecule has 2 aliphatic rings. The Labute approximate surface area is 163 Å². The number of aryl methyl sites for hydroxylation is 1. The van der Waals surface area contributed by atoms with E-state index in [1.807, 2.05) is 4.90 Å². The van der Waals surface area contributed by atoms with E-state index in [2.05, 4.69) is 9.71 Å². The Kier molecular flexibility index (Phi) is 4.66. The fourth-order valence-corrected chi connectivity index (χ4v) is 4.78. The highest BCUT2D eigenvalue weighted by Crippen LogP contribution is 2.35. The molecule has 0 unspecified atom stereocenters. The van der Waals surface area contributed by atoms with Crippen LogP contribution in [0.2, 0.25) is 0 Å². The van der Waals surface area contributed by atoms with E-state index in [0.717, 1.165) is 19.3 Å². The van der Waals surface area contributed by atoms with Crippen LogP contribution in [-0.4, -0.2) is 26.7 Å². The molecule has 1 saturated heterocycles. The van der Waals surface area contributed by atoms with Crippen LogP contribution in [0.15, 0.2) is 45.7 Å². The van der Waals surface area contributed by atoms with E-state index in [-0.39, 0.29) is 10.5 Å². The number of hydrogen-bond donors (Lipinski definition) is 1. The summed E-state index contributed by atoms with van der Waals surface area (Å²) in [4.78, 5) is 14.5. The van der Waals surface area contributed by atoms with Gasteiger partial charge in [0, 0.05) is 24.2 Å². The van der Waals surface area contributed by atoms with Gasteiger partial charge in [0.05, 0.1) is 5.69 Å². The van der Waals surface area contributed by atoms with Crippen LogP contribution in [0.4, 0.5) is 15.8 Å². The molecule has 0 aromatic heterocycles. The molecule has 0 bridgehead atoms. The molecule has 146 valence electrons. The van der Waals surface area contributed by atoms with Crippen LogP contribution in [0.3, 0.4) is 0 Å². The number of amides is 1. The van der Waals surface area contributed by atoms with Crippen molar-refractivity contribution in [2.75, 3.05) is 16.8 Å². The lowest BCUT2D eigenvalue weighted by atomic mass is 10.1. The first kappa shape index (κ1) is 18.6. The van der Waals surface area contributed by atoms with Crippen molar-refractivity contribution in [1.29, 1.82) is 0 Å². The fourth-order valence-electron chi connectivity index (χ4n) is 3.49. The van der Waals surface area contributed by atoms with Crippen molar-refractivity contribution in [2.24, 2.45) is 4.40 Å². The average Bonchev–Trinajstić information content (AvgIpc) is 2.89. The van der Waals surface area contributed by atoms with E-state index < -0.39 is 21.7 Å². The number of amidine groups is 1. The smallest absolute Gasteiger partial charge is 0.286 e. The first-order valence-electron chi connectivity index (χ1n) is 9.18. The van der Waals surface area contributed by atoms with Gasteiger partial charge in [-0.3, -0.25) is 4.79 Å². The van der Waals surface area contributed by atoms with Crippen molar-refractivity contribution >= 4 is 33.1 Å². The van der Waals surface area contributed by atoms with Crippen molar-refractivity contribution in [3.05, 3.63) is 53.3 Å². The minimum absolute atomic E-state index is 0.0286. The maximum absolute atomic E-state index is 13.7. The molecule has 0 atom stereocenters. The number of nitrogens with one attached hydrogen (secondary N) is 1. The van der Waals surface area contributed by atoms with Gasteiger partial charge in [-0.05, 0) is 55.7 Å². The molecule has 2 aromatic rings. The molecule has 0 spiro atoms. The number of halogens is 1. The van der Waals surface area contributed by atoms with Crippen LogP contribution in [0, 0.1) is 12.7 Å². The molecule has 2 aliphatic heterocycles. The van der Waals surface area contributed by atoms with E-state index >= 15 is 0 Å². The summed E-state index contributed by atoms with van der Waals surface area (Å²) in [6.07, 6.45) is 3.52. The first-order chi connectivity index (χ1) is 13.3. The first-order valence-corrected chi connectivity index (χ1v) is 10.6. The van der Waals surface area contributed by atoms with Gasteiger partial charge in [-0.2, -0.15) is 8.42 Å². The average molecular weight is 401 g/mol. The summed E-state index contributed by atoms with van der Waals surface area (Å²) in [5.74, 6) is -0.363. The Morgan fingerprint density at radius 1 is 1.14 bits per heavy atom. The van der Waals surface area contributed by atoms with E-state index in [4.69, 9.17) is 0 Å². The highest BCUT2D eigenvalue weighted by Gasteiger charge is 2.32. The van der Waals surface area contributed by atoms with Crippen LogP contribution < -0.4 is 10.2 Å². The zero-order valence-electron chi connectivity index (χ0n) is 15.4. The molecule has 6 nitrogen and oxygen atoms in total. The topological polar surface area (TPSA) is 78.8 Å². The third-order valence-electron chi connectivity index (χ3n) is 5.04. The van der Waals surface area contributed by atoms with Crippen LogP contribution in [0.25, 0.3) is 0 Å². The minimum atomic E-state index is -3.86. The molecule has 1 amide bonds. The van der Waals surface area contributed by atoms with Gasteiger partial charge in [0.1, 0.15) is 16.5 Å². The van der Waals surface area contributed by atoms with Crippen LogP contribution >= 0.6 is 0 Å². The zero-order chi connectivity index (χ0) is 19.9. The molecule has 0 radical (unpaired) electrons. The van der Waals surface area contributed by atoms with E-state index in [9.17, 15) is 17.6 Å². The van der Waals surface area contributed by atoms with Gasteiger partial charge in [0.25, 0.3) is 15.9 Å². The van der Waals surface area contributed by atoms with Crippen LogP contribution in [0.1, 0.15) is 41.6 Å². The number of hydrogen-bond acceptors (Lipinski definition) is 4. The summed E-state index contributed by atoms with van der Waals surface area (Å²) in [5, 5.41) is 2.60. The SMILES string of the molecule is Cc1ccc(NC(=O)c2ccc3c(c2)S(=O)(=O)N=C2CCCCCN23)cc1F. The van der Waals surface area contributed by atoms with Gasteiger partial charge in [-0.1, -0.05) is 12.5 Å². The van der Waals surface area contributed by atoms with E-state index in [1.54, 1.807) is 31.2 Å². The Hall–Kier alpha value is -2.74. The second-order valence-electron chi connectivity index (χ2n) is 7.05. The second-order valence-corrected chi connectivity index (χ2v) is 8.62. The predicted molar refractivity (Wildman–Crippen MR) is 106 cm³/mol. The minimum Gasteiger partial charge on any atom is -0.328 e. The third-order valence-corrected chi connectivity index (χ3v) is 6.37. The predicted octanol–water partition coefficient (Wildman–Crippen LogP) is 3.87. The Balaban J connectivity index is 1.67. The quantitative estimate of drug-likeness (QED) is 0.829. The molecular weight excluding hydrogens is 381 g/mol. The third kappa shape index (κ3) is 3.40. The van der Waals surface area contributed by atoms with Crippen molar-refractivity contribution < 1.29 is 17.6 Å². The Bertz CT molecular complexity index is 1100. The molecule has 2 heterocycles. The maximum Gasteiger partial charge on any atom is 0.286 e. The number of carbonyl (C=O) groups is 1. The normalized spacial score (nSPS) is 17.8. The monoisotopic (exact) mass is 401 g/mol. The lowest BCUT2D eigenvalue weighted by Crippen LogP contribution is -2.35. The molecule has 0 saturated carbocycles. The van der Waals surface area contributed by atoms with Crippen molar-refractivity contribution in [3.63, 3.8) is 0 Å². The lowest BCUT2D eigenvalue weighted by molar-refractivity contribution is 0.102. The molecule has 1 fully saturated rings. The molecule has 0 aliphatic carbocycles. The number of sulfonamides is 1. The van der Waals surface area contributed by atoms with Crippen LogP contribution in [-0.2, 0) is 10.0 Å². The molecule has 2 aromatic carbocycles. The number of rotatable bonds is 2. The van der Waals surface area contributed by atoms with E-state index in [0.29, 0.717) is 35.7 Å². The largest absolute Gasteiger partial charge is 0.328 e.